The Labute approximate surface area is 121 Å². The standard InChI is InChI=1S/C16H26N2O2/c1-9(2)17-13-7-5-12(15(17)19)14-8-6-11(13)16(20)18(14)10(3)4/h9-14H,5-8H2,1-4H3/t11-,12+,13+,14-. The Bertz CT molecular complexity index is 392. The highest BCUT2D eigenvalue weighted by molar-refractivity contribution is 5.88. The molecule has 0 aromatic heterocycles. The predicted molar refractivity (Wildman–Crippen MR) is 77.0 cm³/mol. The first kappa shape index (κ1) is 13.9. The summed E-state index contributed by atoms with van der Waals surface area (Å²) in [6.45, 7) is 8.31. The minimum absolute atomic E-state index is 0.0289. The molecule has 1 aliphatic carbocycles. The molecule has 1 saturated carbocycles. The van der Waals surface area contributed by atoms with Crippen LogP contribution in [-0.2, 0) is 9.59 Å². The molecule has 5 saturated heterocycles. The Morgan fingerprint density at radius 1 is 0.750 bits per heavy atom. The summed E-state index contributed by atoms with van der Waals surface area (Å²) in [6, 6.07) is 0.674. The van der Waals surface area contributed by atoms with Crippen molar-refractivity contribution in [2.24, 2.45) is 11.8 Å². The molecular weight excluding hydrogens is 252 g/mol. The summed E-state index contributed by atoms with van der Waals surface area (Å²) in [7, 11) is 0. The van der Waals surface area contributed by atoms with Crippen LogP contribution in [0.15, 0.2) is 0 Å². The first-order valence-corrected chi connectivity index (χ1v) is 8.07. The first-order chi connectivity index (χ1) is 9.43. The largest absolute Gasteiger partial charge is 0.336 e. The summed E-state index contributed by atoms with van der Waals surface area (Å²) in [6.07, 6.45) is 3.94. The molecule has 0 N–H and O–H groups in total. The number of piperidine rings is 2. The second-order valence-corrected chi connectivity index (χ2v) is 7.18. The second-order valence-electron chi connectivity index (χ2n) is 7.18. The van der Waals surface area contributed by atoms with E-state index in [1.807, 2.05) is 9.80 Å². The maximum atomic E-state index is 12.9. The van der Waals surface area contributed by atoms with Crippen LogP contribution in [0.4, 0.5) is 0 Å². The molecule has 112 valence electrons. The van der Waals surface area contributed by atoms with Crippen molar-refractivity contribution in [3.63, 3.8) is 0 Å². The van der Waals surface area contributed by atoms with E-state index in [2.05, 4.69) is 27.7 Å². The first-order valence-electron chi connectivity index (χ1n) is 8.07. The SMILES string of the molecule is CC(C)N1C(=O)[C@@H]2CC[C@@H]1[C@@H]1CC[C@@H]2N(C(C)C)C1=O. The fourth-order valence-electron chi connectivity index (χ4n) is 4.71. The van der Waals surface area contributed by atoms with Crippen molar-refractivity contribution in [3.05, 3.63) is 0 Å². The number of carbonyl (C=O) groups is 2. The van der Waals surface area contributed by atoms with Crippen molar-refractivity contribution in [3.8, 4) is 0 Å². The number of hydrogen-bond acceptors (Lipinski definition) is 2. The monoisotopic (exact) mass is 278 g/mol. The number of carbonyl (C=O) groups excluding carboxylic acids is 2. The lowest BCUT2D eigenvalue weighted by Gasteiger charge is -2.56. The zero-order chi connectivity index (χ0) is 14.6. The molecule has 5 aliphatic heterocycles. The van der Waals surface area contributed by atoms with Crippen molar-refractivity contribution in [1.29, 1.82) is 0 Å². The van der Waals surface area contributed by atoms with Gasteiger partial charge in [-0.3, -0.25) is 9.59 Å². The second kappa shape index (κ2) is 4.74. The van der Waals surface area contributed by atoms with Crippen LogP contribution in [0, 0.1) is 11.8 Å². The lowest BCUT2D eigenvalue weighted by Crippen LogP contribution is -2.68. The summed E-state index contributed by atoms with van der Waals surface area (Å²) in [4.78, 5) is 29.8. The fraction of sp³-hybridized carbons (Fsp3) is 0.875. The van der Waals surface area contributed by atoms with Crippen LogP contribution < -0.4 is 0 Å². The van der Waals surface area contributed by atoms with E-state index in [0.717, 1.165) is 25.7 Å². The number of amides is 2. The molecule has 6 aliphatic rings. The zero-order valence-corrected chi connectivity index (χ0v) is 13.0. The van der Waals surface area contributed by atoms with Gasteiger partial charge in [-0.2, -0.15) is 0 Å². The number of hydrogen-bond donors (Lipinski definition) is 0. The fourth-order valence-corrected chi connectivity index (χ4v) is 4.71. The third kappa shape index (κ3) is 1.80. The van der Waals surface area contributed by atoms with Gasteiger partial charge in [0.2, 0.25) is 11.8 Å². The zero-order valence-electron chi connectivity index (χ0n) is 13.0. The maximum Gasteiger partial charge on any atom is 0.228 e. The van der Waals surface area contributed by atoms with Gasteiger partial charge < -0.3 is 9.80 Å². The van der Waals surface area contributed by atoms with E-state index in [0.29, 0.717) is 11.8 Å². The van der Waals surface area contributed by atoms with Gasteiger partial charge in [-0.1, -0.05) is 0 Å². The molecule has 0 spiro atoms. The highest BCUT2D eigenvalue weighted by atomic mass is 16.2. The molecule has 20 heavy (non-hydrogen) atoms. The molecule has 4 nitrogen and oxygen atoms in total. The molecule has 5 heterocycles. The van der Waals surface area contributed by atoms with Gasteiger partial charge in [0.1, 0.15) is 0 Å². The maximum absolute atomic E-state index is 12.9. The number of rotatable bonds is 2. The van der Waals surface area contributed by atoms with Crippen molar-refractivity contribution >= 4 is 11.8 Å². The Morgan fingerprint density at radius 2 is 1.10 bits per heavy atom. The van der Waals surface area contributed by atoms with Gasteiger partial charge in [0.15, 0.2) is 0 Å². The van der Waals surface area contributed by atoms with E-state index in [9.17, 15) is 9.59 Å². The molecule has 4 heteroatoms. The minimum Gasteiger partial charge on any atom is -0.336 e. The van der Waals surface area contributed by atoms with Gasteiger partial charge in [0, 0.05) is 24.2 Å². The van der Waals surface area contributed by atoms with Crippen LogP contribution in [-0.4, -0.2) is 45.8 Å². The van der Waals surface area contributed by atoms with Gasteiger partial charge in [0.05, 0.1) is 11.8 Å². The molecule has 0 unspecified atom stereocenters. The molecule has 6 fully saturated rings. The van der Waals surface area contributed by atoms with Crippen LogP contribution in [0.3, 0.4) is 0 Å². The van der Waals surface area contributed by atoms with Crippen molar-refractivity contribution in [2.45, 2.75) is 77.5 Å². The highest BCUT2D eigenvalue weighted by Crippen LogP contribution is 2.44. The lowest BCUT2D eigenvalue weighted by molar-refractivity contribution is -0.170. The van der Waals surface area contributed by atoms with E-state index in [-0.39, 0.29) is 36.0 Å². The van der Waals surface area contributed by atoms with Crippen molar-refractivity contribution in [1.82, 2.24) is 9.80 Å². The third-order valence-corrected chi connectivity index (χ3v) is 5.45. The number of nitrogens with zero attached hydrogens (tertiary/aromatic N) is 2. The van der Waals surface area contributed by atoms with Gasteiger partial charge >= 0.3 is 0 Å². The molecule has 4 bridgehead atoms. The van der Waals surface area contributed by atoms with Gasteiger partial charge in [0.25, 0.3) is 0 Å². The van der Waals surface area contributed by atoms with Crippen LogP contribution >= 0.6 is 0 Å². The van der Waals surface area contributed by atoms with Gasteiger partial charge in [-0.15, -0.1) is 0 Å². The average molecular weight is 278 g/mol. The molecule has 4 atom stereocenters. The van der Waals surface area contributed by atoms with Crippen LogP contribution in [0.25, 0.3) is 0 Å². The van der Waals surface area contributed by atoms with Crippen LogP contribution in [0.2, 0.25) is 0 Å². The summed E-state index contributed by atoms with van der Waals surface area (Å²) in [5.74, 6) is 0.649. The minimum atomic E-state index is 0.0289. The Morgan fingerprint density at radius 3 is 1.40 bits per heavy atom. The van der Waals surface area contributed by atoms with Crippen molar-refractivity contribution in [2.75, 3.05) is 0 Å². The van der Waals surface area contributed by atoms with E-state index in [1.54, 1.807) is 0 Å². The van der Waals surface area contributed by atoms with E-state index < -0.39 is 0 Å². The van der Waals surface area contributed by atoms with Crippen LogP contribution in [0.5, 0.6) is 0 Å². The Balaban J connectivity index is 2.04. The highest BCUT2D eigenvalue weighted by Gasteiger charge is 2.54. The average Bonchev–Trinajstić information content (AvgIpc) is 2.33. The molecule has 0 radical (unpaired) electrons. The molecule has 6 rings (SSSR count). The Kier molecular flexibility index (Phi) is 3.30. The van der Waals surface area contributed by atoms with Crippen molar-refractivity contribution < 1.29 is 9.59 Å². The summed E-state index contributed by atoms with van der Waals surface area (Å²) in [5, 5.41) is 0. The van der Waals surface area contributed by atoms with Crippen LogP contribution in [0.1, 0.15) is 53.4 Å². The molecule has 2 amide bonds. The molecular formula is C16H26N2O2. The predicted octanol–water partition coefficient (Wildman–Crippen LogP) is 2.03. The third-order valence-electron chi connectivity index (χ3n) is 5.45. The quantitative estimate of drug-likeness (QED) is 0.775. The molecule has 0 aromatic rings. The smallest absolute Gasteiger partial charge is 0.228 e. The van der Waals surface area contributed by atoms with Gasteiger partial charge in [-0.25, -0.2) is 0 Å². The van der Waals surface area contributed by atoms with E-state index >= 15 is 0 Å². The summed E-state index contributed by atoms with van der Waals surface area (Å²) >= 11 is 0. The summed E-state index contributed by atoms with van der Waals surface area (Å²) < 4.78 is 0. The normalized spacial score (nSPS) is 37.1. The summed E-state index contributed by atoms with van der Waals surface area (Å²) in [5.41, 5.74) is 0. The van der Waals surface area contributed by atoms with E-state index in [4.69, 9.17) is 0 Å². The molecule has 0 aromatic carbocycles. The Hall–Kier alpha value is -1.06. The van der Waals surface area contributed by atoms with Gasteiger partial charge in [-0.05, 0) is 53.4 Å². The van der Waals surface area contributed by atoms with E-state index in [1.165, 1.54) is 0 Å². The topological polar surface area (TPSA) is 40.6 Å². The lowest BCUT2D eigenvalue weighted by atomic mass is 9.70.